The fourth-order valence-corrected chi connectivity index (χ4v) is 3.29. The first-order valence-corrected chi connectivity index (χ1v) is 7.79. The van der Waals surface area contributed by atoms with E-state index in [0.29, 0.717) is 28.6 Å². The maximum absolute atomic E-state index is 6.45. The third-order valence-corrected chi connectivity index (χ3v) is 4.76. The van der Waals surface area contributed by atoms with Gasteiger partial charge in [-0.05, 0) is 44.4 Å². The zero-order valence-electron chi connectivity index (χ0n) is 13.1. The molecular formula is C16H25ClN2O2. The first-order valence-electron chi connectivity index (χ1n) is 7.42. The van der Waals surface area contributed by atoms with E-state index in [1.54, 1.807) is 14.2 Å². The highest BCUT2D eigenvalue weighted by Crippen LogP contribution is 2.38. The molecule has 0 aromatic heterocycles. The fraction of sp³-hybridized carbons (Fsp3) is 0.625. The van der Waals surface area contributed by atoms with Crippen LogP contribution in [0.2, 0.25) is 5.02 Å². The average molecular weight is 313 g/mol. The number of nitrogens with zero attached hydrogens (tertiary/aromatic N) is 1. The Kier molecular flexibility index (Phi) is 5.73. The highest BCUT2D eigenvalue weighted by molar-refractivity contribution is 6.33. The van der Waals surface area contributed by atoms with Gasteiger partial charge in [0.25, 0.3) is 0 Å². The van der Waals surface area contributed by atoms with Gasteiger partial charge in [-0.15, -0.1) is 0 Å². The maximum Gasteiger partial charge on any atom is 0.179 e. The van der Waals surface area contributed by atoms with Crippen molar-refractivity contribution in [3.8, 4) is 11.5 Å². The summed E-state index contributed by atoms with van der Waals surface area (Å²) in [5, 5.41) is 0.635. The Balaban J connectivity index is 2.08. The van der Waals surface area contributed by atoms with Gasteiger partial charge in [0.1, 0.15) is 0 Å². The fourth-order valence-electron chi connectivity index (χ4n) is 2.99. The first-order chi connectivity index (χ1) is 10.1. The van der Waals surface area contributed by atoms with Gasteiger partial charge in [0.2, 0.25) is 0 Å². The number of benzene rings is 1. The number of hydrogen-bond donors (Lipinski definition) is 1. The van der Waals surface area contributed by atoms with Crippen LogP contribution < -0.4 is 15.2 Å². The van der Waals surface area contributed by atoms with E-state index in [9.17, 15) is 0 Å². The van der Waals surface area contributed by atoms with Crippen LogP contribution in [0.3, 0.4) is 0 Å². The largest absolute Gasteiger partial charge is 0.493 e. The van der Waals surface area contributed by atoms with Gasteiger partial charge in [-0.3, -0.25) is 4.90 Å². The summed E-state index contributed by atoms with van der Waals surface area (Å²) in [7, 11) is 5.37. The third kappa shape index (κ3) is 3.82. The predicted octanol–water partition coefficient (Wildman–Crippen LogP) is 3.06. The smallest absolute Gasteiger partial charge is 0.179 e. The Morgan fingerprint density at radius 3 is 2.43 bits per heavy atom. The van der Waals surface area contributed by atoms with Crippen molar-refractivity contribution in [2.45, 2.75) is 44.3 Å². The van der Waals surface area contributed by atoms with Crippen molar-refractivity contribution in [2.75, 3.05) is 21.3 Å². The van der Waals surface area contributed by atoms with Crippen LogP contribution in [-0.2, 0) is 6.54 Å². The van der Waals surface area contributed by atoms with E-state index >= 15 is 0 Å². The van der Waals surface area contributed by atoms with Crippen LogP contribution in [0.15, 0.2) is 12.1 Å². The van der Waals surface area contributed by atoms with E-state index in [1.165, 1.54) is 0 Å². The molecule has 1 aliphatic rings. The van der Waals surface area contributed by atoms with E-state index in [4.69, 9.17) is 26.8 Å². The van der Waals surface area contributed by atoms with Crippen molar-refractivity contribution in [2.24, 2.45) is 5.73 Å². The van der Waals surface area contributed by atoms with Crippen LogP contribution in [0.5, 0.6) is 11.5 Å². The van der Waals surface area contributed by atoms with Crippen LogP contribution in [-0.4, -0.2) is 38.3 Å². The second-order valence-corrected chi connectivity index (χ2v) is 6.14. The Morgan fingerprint density at radius 1 is 1.19 bits per heavy atom. The standard InChI is InChI=1S/C16H25ClN2O2/c1-19(13-7-5-12(18)6-8-13)10-11-4-9-14(20-2)16(21-3)15(11)17/h4,9,12-13H,5-8,10,18H2,1-3H3. The lowest BCUT2D eigenvalue weighted by Crippen LogP contribution is -2.38. The van der Waals surface area contributed by atoms with E-state index in [1.807, 2.05) is 12.1 Å². The molecule has 5 heteroatoms. The van der Waals surface area contributed by atoms with E-state index in [2.05, 4.69) is 11.9 Å². The molecule has 4 nitrogen and oxygen atoms in total. The summed E-state index contributed by atoms with van der Waals surface area (Å²) >= 11 is 6.45. The van der Waals surface area contributed by atoms with Crippen molar-refractivity contribution < 1.29 is 9.47 Å². The predicted molar refractivity (Wildman–Crippen MR) is 86.3 cm³/mol. The maximum atomic E-state index is 6.45. The summed E-state index contributed by atoms with van der Waals surface area (Å²) in [6.07, 6.45) is 4.52. The van der Waals surface area contributed by atoms with Gasteiger partial charge in [0, 0.05) is 18.6 Å². The van der Waals surface area contributed by atoms with Crippen molar-refractivity contribution in [3.05, 3.63) is 22.7 Å². The highest BCUT2D eigenvalue weighted by atomic mass is 35.5. The molecule has 0 aliphatic heterocycles. The Labute approximate surface area is 132 Å². The minimum atomic E-state index is 0.374. The number of ether oxygens (including phenoxy) is 2. The molecule has 1 aromatic rings. The van der Waals surface area contributed by atoms with E-state index in [0.717, 1.165) is 37.8 Å². The second-order valence-electron chi connectivity index (χ2n) is 5.76. The molecule has 1 saturated carbocycles. The number of rotatable bonds is 5. The van der Waals surface area contributed by atoms with Gasteiger partial charge in [-0.25, -0.2) is 0 Å². The van der Waals surface area contributed by atoms with Crippen LogP contribution >= 0.6 is 11.6 Å². The average Bonchev–Trinajstić information content (AvgIpc) is 2.49. The molecule has 1 aromatic carbocycles. The van der Waals surface area contributed by atoms with E-state index < -0.39 is 0 Å². The quantitative estimate of drug-likeness (QED) is 0.908. The number of halogens is 1. The molecule has 118 valence electrons. The molecule has 2 N–H and O–H groups in total. The molecule has 1 aliphatic carbocycles. The first kappa shape index (κ1) is 16.4. The van der Waals surface area contributed by atoms with Crippen molar-refractivity contribution in [3.63, 3.8) is 0 Å². The molecule has 0 unspecified atom stereocenters. The molecule has 1 fully saturated rings. The van der Waals surface area contributed by atoms with Gasteiger partial charge >= 0.3 is 0 Å². The Morgan fingerprint density at radius 2 is 1.86 bits per heavy atom. The topological polar surface area (TPSA) is 47.7 Å². The Hall–Kier alpha value is -0.970. The van der Waals surface area contributed by atoms with Gasteiger partial charge in [0.15, 0.2) is 11.5 Å². The molecule has 0 bridgehead atoms. The normalized spacial score (nSPS) is 22.4. The molecular weight excluding hydrogens is 288 g/mol. The summed E-state index contributed by atoms with van der Waals surface area (Å²) in [6, 6.07) is 4.87. The number of methoxy groups -OCH3 is 2. The lowest BCUT2D eigenvalue weighted by Gasteiger charge is -2.33. The molecule has 0 saturated heterocycles. The Bertz CT molecular complexity index is 474. The van der Waals surface area contributed by atoms with Gasteiger partial charge < -0.3 is 15.2 Å². The lowest BCUT2D eigenvalue weighted by molar-refractivity contribution is 0.176. The molecule has 0 atom stereocenters. The summed E-state index contributed by atoms with van der Waals surface area (Å²) in [6.45, 7) is 0.805. The second kappa shape index (κ2) is 7.34. The summed E-state index contributed by atoms with van der Waals surface area (Å²) < 4.78 is 10.6. The molecule has 0 heterocycles. The number of nitrogens with two attached hydrogens (primary N) is 1. The van der Waals surface area contributed by atoms with Gasteiger partial charge in [-0.1, -0.05) is 17.7 Å². The zero-order chi connectivity index (χ0) is 15.4. The summed E-state index contributed by atoms with van der Waals surface area (Å²) in [5.74, 6) is 1.27. The van der Waals surface area contributed by atoms with Crippen molar-refractivity contribution in [1.29, 1.82) is 0 Å². The van der Waals surface area contributed by atoms with Gasteiger partial charge in [0.05, 0.1) is 19.2 Å². The monoisotopic (exact) mass is 312 g/mol. The van der Waals surface area contributed by atoms with Crippen molar-refractivity contribution in [1.82, 2.24) is 4.90 Å². The third-order valence-electron chi connectivity index (χ3n) is 4.35. The van der Waals surface area contributed by atoms with Gasteiger partial charge in [-0.2, -0.15) is 0 Å². The van der Waals surface area contributed by atoms with Crippen LogP contribution in [0.1, 0.15) is 31.2 Å². The molecule has 2 rings (SSSR count). The molecule has 21 heavy (non-hydrogen) atoms. The molecule has 0 radical (unpaired) electrons. The van der Waals surface area contributed by atoms with Crippen LogP contribution in [0, 0.1) is 0 Å². The summed E-state index contributed by atoms with van der Waals surface area (Å²) in [5.41, 5.74) is 7.04. The van der Waals surface area contributed by atoms with Crippen LogP contribution in [0.25, 0.3) is 0 Å². The number of hydrogen-bond acceptors (Lipinski definition) is 4. The molecule has 0 spiro atoms. The summed E-state index contributed by atoms with van der Waals surface area (Å²) in [4.78, 5) is 2.36. The minimum Gasteiger partial charge on any atom is -0.493 e. The molecule has 0 amide bonds. The lowest BCUT2D eigenvalue weighted by atomic mass is 9.91. The highest BCUT2D eigenvalue weighted by Gasteiger charge is 2.23. The SMILES string of the molecule is COc1ccc(CN(C)C2CCC(N)CC2)c(Cl)c1OC. The van der Waals surface area contributed by atoms with Crippen molar-refractivity contribution >= 4 is 11.6 Å². The zero-order valence-corrected chi connectivity index (χ0v) is 13.8. The minimum absolute atomic E-state index is 0.374. The van der Waals surface area contributed by atoms with Crippen LogP contribution in [0.4, 0.5) is 0 Å². The van der Waals surface area contributed by atoms with E-state index in [-0.39, 0.29) is 0 Å².